The lowest BCUT2D eigenvalue weighted by Gasteiger charge is -2.40. The molecule has 2 fully saturated rings. The van der Waals surface area contributed by atoms with E-state index in [4.69, 9.17) is 4.74 Å². The van der Waals surface area contributed by atoms with Gasteiger partial charge in [0, 0.05) is 30.9 Å². The van der Waals surface area contributed by atoms with Gasteiger partial charge in [0.1, 0.15) is 5.75 Å². The van der Waals surface area contributed by atoms with E-state index in [9.17, 15) is 4.79 Å². The number of hydrogen-bond acceptors (Lipinski definition) is 4. The highest BCUT2D eigenvalue weighted by Gasteiger charge is 2.36. The van der Waals surface area contributed by atoms with Crippen molar-refractivity contribution in [3.05, 3.63) is 59.9 Å². The minimum absolute atomic E-state index is 0.0325. The van der Waals surface area contributed by atoms with Gasteiger partial charge in [0.25, 0.3) is 0 Å². The molecule has 5 nitrogen and oxygen atoms in total. The van der Waals surface area contributed by atoms with Gasteiger partial charge in [-0.2, -0.15) is 0 Å². The Balaban J connectivity index is 1.45. The van der Waals surface area contributed by atoms with Crippen LogP contribution in [0.2, 0.25) is 0 Å². The van der Waals surface area contributed by atoms with Crippen molar-refractivity contribution in [3.8, 4) is 5.75 Å². The molecule has 1 amide bonds. The van der Waals surface area contributed by atoms with Gasteiger partial charge in [-0.25, -0.2) is 0 Å². The summed E-state index contributed by atoms with van der Waals surface area (Å²) in [4.78, 5) is 19.8. The van der Waals surface area contributed by atoms with Crippen molar-refractivity contribution in [3.63, 3.8) is 0 Å². The van der Waals surface area contributed by atoms with E-state index in [1.165, 1.54) is 30.4 Å². The van der Waals surface area contributed by atoms with Crippen molar-refractivity contribution in [1.29, 1.82) is 0 Å². The molecule has 1 aliphatic carbocycles. The standard InChI is InChI=1S/C26H35N3O2/c1-31-23-10-8-22(9-11-23)26(14-4-2-5-15-26)20-28-25(30)24-7-3-6-18-29(24)19-21-12-16-27-17-13-21/h8-13,16-17,24H,2-7,14-15,18-20H2,1H3,(H,28,30). The predicted molar refractivity (Wildman–Crippen MR) is 123 cm³/mol. The van der Waals surface area contributed by atoms with Gasteiger partial charge < -0.3 is 10.1 Å². The Hall–Kier alpha value is -2.40. The average molecular weight is 422 g/mol. The molecule has 0 bridgehead atoms. The van der Waals surface area contributed by atoms with Crippen LogP contribution in [0.25, 0.3) is 0 Å². The number of carbonyl (C=O) groups is 1. The van der Waals surface area contributed by atoms with Crippen LogP contribution < -0.4 is 10.1 Å². The highest BCUT2D eigenvalue weighted by atomic mass is 16.5. The summed E-state index contributed by atoms with van der Waals surface area (Å²) >= 11 is 0. The molecular formula is C26H35N3O2. The molecule has 166 valence electrons. The topological polar surface area (TPSA) is 54.5 Å². The lowest BCUT2D eigenvalue weighted by Crippen LogP contribution is -2.52. The second-order valence-electron chi connectivity index (χ2n) is 9.12. The predicted octanol–water partition coefficient (Wildman–Crippen LogP) is 4.46. The van der Waals surface area contributed by atoms with Gasteiger partial charge in [0.15, 0.2) is 0 Å². The van der Waals surface area contributed by atoms with Crippen molar-refractivity contribution in [2.45, 2.75) is 69.4 Å². The van der Waals surface area contributed by atoms with Gasteiger partial charge in [0.05, 0.1) is 13.2 Å². The first-order chi connectivity index (χ1) is 15.2. The Labute approximate surface area is 186 Å². The number of ether oxygens (including phenoxy) is 1. The summed E-state index contributed by atoms with van der Waals surface area (Å²) in [5.74, 6) is 1.07. The molecule has 31 heavy (non-hydrogen) atoms. The molecule has 1 aromatic heterocycles. The van der Waals surface area contributed by atoms with Crippen LogP contribution in [0.4, 0.5) is 0 Å². The Morgan fingerprint density at radius 3 is 2.52 bits per heavy atom. The first kappa shape index (κ1) is 21.8. The fourth-order valence-corrected chi connectivity index (χ4v) is 5.31. The van der Waals surface area contributed by atoms with Crippen LogP contribution in [0.15, 0.2) is 48.8 Å². The number of nitrogens with zero attached hydrogens (tertiary/aromatic N) is 2. The number of carbonyl (C=O) groups excluding carboxylic acids is 1. The molecule has 1 saturated heterocycles. The molecule has 0 spiro atoms. The molecule has 2 heterocycles. The van der Waals surface area contributed by atoms with Crippen molar-refractivity contribution < 1.29 is 9.53 Å². The SMILES string of the molecule is COc1ccc(C2(CNC(=O)C3CCCCN3Cc3ccncc3)CCCCC2)cc1. The molecule has 1 unspecified atom stereocenters. The summed E-state index contributed by atoms with van der Waals surface area (Å²) in [7, 11) is 1.70. The number of rotatable bonds is 7. The van der Waals surface area contributed by atoms with Crippen LogP contribution in [0.3, 0.4) is 0 Å². The van der Waals surface area contributed by atoms with E-state index in [-0.39, 0.29) is 17.4 Å². The number of benzene rings is 1. The Morgan fingerprint density at radius 2 is 1.81 bits per heavy atom. The summed E-state index contributed by atoms with van der Waals surface area (Å²) < 4.78 is 5.35. The molecule has 2 aliphatic rings. The zero-order valence-corrected chi connectivity index (χ0v) is 18.7. The zero-order chi connectivity index (χ0) is 21.5. The van der Waals surface area contributed by atoms with E-state index in [1.807, 2.05) is 36.7 Å². The first-order valence-corrected chi connectivity index (χ1v) is 11.8. The third-order valence-corrected chi connectivity index (χ3v) is 7.17. The number of piperidine rings is 1. The minimum atomic E-state index is -0.0431. The van der Waals surface area contributed by atoms with Crippen LogP contribution in [0.1, 0.15) is 62.5 Å². The summed E-state index contributed by atoms with van der Waals surface area (Å²) in [5.41, 5.74) is 2.58. The van der Waals surface area contributed by atoms with Gasteiger partial charge in [-0.1, -0.05) is 37.8 Å². The lowest BCUT2D eigenvalue weighted by molar-refractivity contribution is -0.128. The fraction of sp³-hybridized carbons (Fsp3) is 0.538. The summed E-state index contributed by atoms with van der Waals surface area (Å²) in [6.45, 7) is 2.51. The van der Waals surface area contributed by atoms with E-state index in [0.717, 1.165) is 57.5 Å². The van der Waals surface area contributed by atoms with Gasteiger partial charge >= 0.3 is 0 Å². The Bertz CT molecular complexity index is 831. The number of hydrogen-bond donors (Lipinski definition) is 1. The quantitative estimate of drug-likeness (QED) is 0.717. The molecule has 4 rings (SSSR count). The Morgan fingerprint density at radius 1 is 1.06 bits per heavy atom. The van der Waals surface area contributed by atoms with E-state index >= 15 is 0 Å². The summed E-state index contributed by atoms with van der Waals surface area (Å²) in [6, 6.07) is 12.5. The van der Waals surface area contributed by atoms with E-state index in [2.05, 4.69) is 27.3 Å². The maximum Gasteiger partial charge on any atom is 0.237 e. The highest BCUT2D eigenvalue weighted by Crippen LogP contribution is 2.39. The normalized spacial score (nSPS) is 21.4. The minimum Gasteiger partial charge on any atom is -0.497 e. The summed E-state index contributed by atoms with van der Waals surface area (Å²) in [6.07, 6.45) is 12.9. The van der Waals surface area contributed by atoms with Gasteiger partial charge in [-0.3, -0.25) is 14.7 Å². The molecule has 1 N–H and O–H groups in total. The Kier molecular flexibility index (Phi) is 7.23. The largest absolute Gasteiger partial charge is 0.497 e. The van der Waals surface area contributed by atoms with Crippen molar-refractivity contribution >= 4 is 5.91 Å². The van der Waals surface area contributed by atoms with Crippen LogP contribution in [0.5, 0.6) is 5.75 Å². The number of likely N-dealkylation sites (tertiary alicyclic amines) is 1. The van der Waals surface area contributed by atoms with E-state index in [0.29, 0.717) is 0 Å². The van der Waals surface area contributed by atoms with E-state index in [1.54, 1.807) is 7.11 Å². The molecule has 1 saturated carbocycles. The van der Waals surface area contributed by atoms with E-state index < -0.39 is 0 Å². The fourth-order valence-electron chi connectivity index (χ4n) is 5.31. The van der Waals surface area contributed by atoms with Crippen LogP contribution in [0, 0.1) is 0 Å². The van der Waals surface area contributed by atoms with Gasteiger partial charge in [0.2, 0.25) is 5.91 Å². The number of pyridine rings is 1. The first-order valence-electron chi connectivity index (χ1n) is 11.8. The molecule has 2 aromatic rings. The number of nitrogens with one attached hydrogen (secondary N) is 1. The zero-order valence-electron chi connectivity index (χ0n) is 18.7. The third-order valence-electron chi connectivity index (χ3n) is 7.17. The third kappa shape index (κ3) is 5.27. The van der Waals surface area contributed by atoms with Gasteiger partial charge in [-0.15, -0.1) is 0 Å². The van der Waals surface area contributed by atoms with Crippen LogP contribution >= 0.6 is 0 Å². The summed E-state index contributed by atoms with van der Waals surface area (Å²) in [5, 5.41) is 3.38. The van der Waals surface area contributed by atoms with Gasteiger partial charge in [-0.05, 0) is 67.6 Å². The molecule has 0 radical (unpaired) electrons. The molecule has 1 aliphatic heterocycles. The number of aromatic nitrogens is 1. The number of methoxy groups -OCH3 is 1. The van der Waals surface area contributed by atoms with Crippen molar-refractivity contribution in [2.75, 3.05) is 20.2 Å². The molecule has 1 aromatic carbocycles. The molecule has 1 atom stereocenters. The van der Waals surface area contributed by atoms with Crippen molar-refractivity contribution in [1.82, 2.24) is 15.2 Å². The smallest absolute Gasteiger partial charge is 0.237 e. The van der Waals surface area contributed by atoms with Crippen LogP contribution in [-0.4, -0.2) is 42.0 Å². The average Bonchev–Trinajstić information content (AvgIpc) is 2.84. The molecular weight excluding hydrogens is 386 g/mol. The van der Waals surface area contributed by atoms with Crippen molar-refractivity contribution in [2.24, 2.45) is 0 Å². The monoisotopic (exact) mass is 421 g/mol. The highest BCUT2D eigenvalue weighted by molar-refractivity contribution is 5.82. The second kappa shape index (κ2) is 10.3. The second-order valence-corrected chi connectivity index (χ2v) is 9.12. The lowest BCUT2D eigenvalue weighted by atomic mass is 9.69. The number of amides is 1. The van der Waals surface area contributed by atoms with Crippen LogP contribution in [-0.2, 0) is 16.8 Å². The maximum atomic E-state index is 13.3. The molecule has 5 heteroatoms. The maximum absolute atomic E-state index is 13.3.